The predicted molar refractivity (Wildman–Crippen MR) is 87.3 cm³/mol. The molecule has 2 aromatic rings. The molecular weight excluding hydrogens is 308 g/mol. The lowest BCUT2D eigenvalue weighted by Crippen LogP contribution is -2.25. The van der Waals surface area contributed by atoms with Crippen LogP contribution in [0.25, 0.3) is 0 Å². The van der Waals surface area contributed by atoms with Crippen molar-refractivity contribution >= 4 is 23.2 Å². The third-order valence-corrected chi connectivity index (χ3v) is 3.78. The minimum absolute atomic E-state index is 0.142. The quantitative estimate of drug-likeness (QED) is 0.752. The molecule has 0 aliphatic heterocycles. The van der Waals surface area contributed by atoms with Crippen molar-refractivity contribution in [2.24, 2.45) is 5.92 Å². The fourth-order valence-electron chi connectivity index (χ4n) is 2.35. The summed E-state index contributed by atoms with van der Waals surface area (Å²) in [7, 11) is 0. The maximum Gasteiger partial charge on any atom is 0.123 e. The highest BCUT2D eigenvalue weighted by Gasteiger charge is 2.15. The molecule has 4 heteroatoms. The zero-order valence-corrected chi connectivity index (χ0v) is 13.5. The molecular formula is C17H18Cl2FN. The molecule has 1 N–H and O–H groups in total. The van der Waals surface area contributed by atoms with Gasteiger partial charge in [-0.05, 0) is 47.4 Å². The van der Waals surface area contributed by atoms with Crippen molar-refractivity contribution < 1.29 is 4.39 Å². The summed E-state index contributed by atoms with van der Waals surface area (Å²) in [5, 5.41) is 4.74. The molecule has 0 aromatic heterocycles. The first-order valence-electron chi connectivity index (χ1n) is 6.89. The van der Waals surface area contributed by atoms with Gasteiger partial charge in [0.05, 0.1) is 0 Å². The van der Waals surface area contributed by atoms with E-state index in [0.29, 0.717) is 22.5 Å². The van der Waals surface area contributed by atoms with Gasteiger partial charge in [0, 0.05) is 22.6 Å². The van der Waals surface area contributed by atoms with E-state index in [1.54, 1.807) is 6.07 Å². The zero-order valence-electron chi connectivity index (χ0n) is 12.0. The van der Waals surface area contributed by atoms with Crippen LogP contribution in [-0.2, 0) is 6.54 Å². The van der Waals surface area contributed by atoms with E-state index in [0.717, 1.165) is 11.1 Å². The van der Waals surface area contributed by atoms with Crippen LogP contribution in [0.5, 0.6) is 0 Å². The van der Waals surface area contributed by atoms with Crippen LogP contribution < -0.4 is 5.32 Å². The van der Waals surface area contributed by atoms with E-state index in [9.17, 15) is 4.39 Å². The molecule has 21 heavy (non-hydrogen) atoms. The molecule has 112 valence electrons. The highest BCUT2D eigenvalue weighted by atomic mass is 35.5. The van der Waals surface area contributed by atoms with Crippen LogP contribution >= 0.6 is 23.2 Å². The van der Waals surface area contributed by atoms with Gasteiger partial charge in [0.2, 0.25) is 0 Å². The predicted octanol–water partition coefficient (Wildman–Crippen LogP) is 5.62. The second-order valence-electron chi connectivity index (χ2n) is 5.43. The Morgan fingerprint density at radius 1 is 1.00 bits per heavy atom. The number of halogens is 3. The molecule has 1 nitrogen and oxygen atoms in total. The summed E-state index contributed by atoms with van der Waals surface area (Å²) in [6.07, 6.45) is 0. The Labute approximate surface area is 135 Å². The van der Waals surface area contributed by atoms with Crippen molar-refractivity contribution in [3.05, 3.63) is 69.5 Å². The van der Waals surface area contributed by atoms with Gasteiger partial charge >= 0.3 is 0 Å². The minimum atomic E-state index is -0.220. The van der Waals surface area contributed by atoms with Gasteiger partial charge in [-0.1, -0.05) is 49.2 Å². The van der Waals surface area contributed by atoms with Crippen LogP contribution in [0.1, 0.15) is 31.0 Å². The third-order valence-electron chi connectivity index (χ3n) is 3.34. The van der Waals surface area contributed by atoms with E-state index < -0.39 is 0 Å². The van der Waals surface area contributed by atoms with E-state index in [1.807, 2.05) is 24.3 Å². The molecule has 0 spiro atoms. The molecule has 2 aromatic carbocycles. The third kappa shape index (κ3) is 4.70. The average molecular weight is 326 g/mol. The van der Waals surface area contributed by atoms with Gasteiger partial charge in [-0.15, -0.1) is 0 Å². The van der Waals surface area contributed by atoms with Gasteiger partial charge in [0.25, 0.3) is 0 Å². The van der Waals surface area contributed by atoms with Gasteiger partial charge < -0.3 is 5.32 Å². The number of benzene rings is 2. The first kappa shape index (κ1) is 16.3. The first-order valence-corrected chi connectivity index (χ1v) is 7.65. The Morgan fingerprint density at radius 2 is 1.57 bits per heavy atom. The molecule has 0 saturated carbocycles. The average Bonchev–Trinajstić information content (AvgIpc) is 2.39. The Bertz CT molecular complexity index is 576. The van der Waals surface area contributed by atoms with Crippen LogP contribution in [0.4, 0.5) is 4.39 Å². The fourth-order valence-corrected chi connectivity index (χ4v) is 2.92. The molecule has 2 rings (SSSR count). The topological polar surface area (TPSA) is 12.0 Å². The van der Waals surface area contributed by atoms with E-state index >= 15 is 0 Å². The summed E-state index contributed by atoms with van der Waals surface area (Å²) < 4.78 is 13.0. The molecule has 0 amide bonds. The van der Waals surface area contributed by atoms with Crippen molar-refractivity contribution in [2.45, 2.75) is 26.4 Å². The highest BCUT2D eigenvalue weighted by molar-refractivity contribution is 6.34. The van der Waals surface area contributed by atoms with Crippen LogP contribution in [0.3, 0.4) is 0 Å². The number of nitrogens with one attached hydrogen (secondary N) is 1. The first-order chi connectivity index (χ1) is 9.95. The summed E-state index contributed by atoms with van der Waals surface area (Å²) >= 11 is 12.0. The molecule has 0 saturated heterocycles. The molecule has 0 fully saturated rings. The molecule has 0 aliphatic carbocycles. The summed E-state index contributed by atoms with van der Waals surface area (Å²) in [5.74, 6) is 0.160. The largest absolute Gasteiger partial charge is 0.306 e. The van der Waals surface area contributed by atoms with Crippen molar-refractivity contribution in [3.8, 4) is 0 Å². The molecule has 1 atom stereocenters. The van der Waals surface area contributed by atoms with E-state index in [-0.39, 0.29) is 11.9 Å². The molecule has 0 bridgehead atoms. The molecule has 0 aliphatic rings. The second-order valence-corrected chi connectivity index (χ2v) is 6.30. The molecule has 0 radical (unpaired) electrons. The Balaban J connectivity index is 2.11. The van der Waals surface area contributed by atoms with Gasteiger partial charge in [-0.3, -0.25) is 0 Å². The van der Waals surface area contributed by atoms with E-state index in [4.69, 9.17) is 23.2 Å². The van der Waals surface area contributed by atoms with E-state index in [1.165, 1.54) is 12.1 Å². The Hall–Kier alpha value is -1.09. The standard InChI is InChI=1S/C17H18Cl2FN/c1-11(2)17(13-3-5-16(20)6-4-13)21-10-12-7-14(18)9-15(19)8-12/h3-9,11,17,21H,10H2,1-2H3. The van der Waals surface area contributed by atoms with Gasteiger partial charge in [-0.2, -0.15) is 0 Å². The van der Waals surface area contributed by atoms with Crippen molar-refractivity contribution in [1.82, 2.24) is 5.32 Å². The smallest absolute Gasteiger partial charge is 0.123 e. The van der Waals surface area contributed by atoms with Crippen molar-refractivity contribution in [2.75, 3.05) is 0 Å². The normalized spacial score (nSPS) is 12.7. The SMILES string of the molecule is CC(C)C(NCc1cc(Cl)cc(Cl)c1)c1ccc(F)cc1. The van der Waals surface area contributed by atoms with Crippen LogP contribution in [0.2, 0.25) is 10.0 Å². The lowest BCUT2D eigenvalue weighted by molar-refractivity contribution is 0.410. The maximum atomic E-state index is 13.0. The summed E-state index contributed by atoms with van der Waals surface area (Å²) in [4.78, 5) is 0. The number of hydrogen-bond acceptors (Lipinski definition) is 1. The Morgan fingerprint density at radius 3 is 2.10 bits per heavy atom. The molecule has 1 unspecified atom stereocenters. The molecule has 0 heterocycles. The summed E-state index contributed by atoms with van der Waals surface area (Å²) in [5.41, 5.74) is 2.10. The van der Waals surface area contributed by atoms with Gasteiger partial charge in [-0.25, -0.2) is 4.39 Å². The summed E-state index contributed by atoms with van der Waals surface area (Å²) in [6.45, 7) is 4.92. The van der Waals surface area contributed by atoms with Crippen LogP contribution in [-0.4, -0.2) is 0 Å². The second kappa shape index (κ2) is 7.26. The van der Waals surface area contributed by atoms with Crippen molar-refractivity contribution in [3.63, 3.8) is 0 Å². The lowest BCUT2D eigenvalue weighted by atomic mass is 9.95. The monoisotopic (exact) mass is 325 g/mol. The van der Waals surface area contributed by atoms with Gasteiger partial charge in [0.15, 0.2) is 0 Å². The minimum Gasteiger partial charge on any atom is -0.306 e. The number of hydrogen-bond donors (Lipinski definition) is 1. The van der Waals surface area contributed by atoms with E-state index in [2.05, 4.69) is 19.2 Å². The number of rotatable bonds is 5. The van der Waals surface area contributed by atoms with Crippen LogP contribution in [0, 0.1) is 11.7 Å². The van der Waals surface area contributed by atoms with Crippen LogP contribution in [0.15, 0.2) is 42.5 Å². The lowest BCUT2D eigenvalue weighted by Gasteiger charge is -2.23. The summed E-state index contributed by atoms with van der Waals surface area (Å²) in [6, 6.07) is 12.3. The Kier molecular flexibility index (Phi) is 5.63. The highest BCUT2D eigenvalue weighted by Crippen LogP contribution is 2.24. The maximum absolute atomic E-state index is 13.0. The zero-order chi connectivity index (χ0) is 15.4. The van der Waals surface area contributed by atoms with Gasteiger partial charge in [0.1, 0.15) is 5.82 Å². The van der Waals surface area contributed by atoms with Crippen molar-refractivity contribution in [1.29, 1.82) is 0 Å². The fraction of sp³-hybridized carbons (Fsp3) is 0.294.